The van der Waals surface area contributed by atoms with E-state index in [1.165, 1.54) is 56.4 Å². The maximum absolute atomic E-state index is 5.88. The minimum Gasteiger partial charge on any atom is -0.457 e. The van der Waals surface area contributed by atoms with Gasteiger partial charge in [0.15, 0.2) is 0 Å². The third-order valence-electron chi connectivity index (χ3n) is 5.92. The van der Waals surface area contributed by atoms with Crippen LogP contribution in [0.2, 0.25) is 0 Å². The highest BCUT2D eigenvalue weighted by molar-refractivity contribution is 5.33. The van der Waals surface area contributed by atoms with E-state index >= 15 is 0 Å². The summed E-state index contributed by atoms with van der Waals surface area (Å²) >= 11 is 0. The van der Waals surface area contributed by atoms with Crippen LogP contribution < -0.4 is 4.74 Å². The van der Waals surface area contributed by atoms with Gasteiger partial charge in [-0.2, -0.15) is 0 Å². The van der Waals surface area contributed by atoms with Crippen molar-refractivity contribution in [3.05, 3.63) is 96.1 Å². The fraction of sp³-hybridized carbons (Fsp3) is 0.333. The van der Waals surface area contributed by atoms with Gasteiger partial charge in [0.1, 0.15) is 11.5 Å². The topological polar surface area (TPSA) is 12.5 Å². The summed E-state index contributed by atoms with van der Waals surface area (Å²) < 4.78 is 5.88. The van der Waals surface area contributed by atoms with Crippen LogP contribution in [0.15, 0.2) is 84.9 Å². The lowest BCUT2D eigenvalue weighted by molar-refractivity contribution is 0.182. The molecule has 3 aromatic carbocycles. The van der Waals surface area contributed by atoms with Crippen LogP contribution in [0, 0.1) is 5.92 Å². The molecule has 0 atom stereocenters. The minimum absolute atomic E-state index is 0.853. The molecule has 0 bridgehead atoms. The van der Waals surface area contributed by atoms with Gasteiger partial charge in [-0.05, 0) is 93.0 Å². The zero-order valence-corrected chi connectivity index (χ0v) is 17.2. The van der Waals surface area contributed by atoms with Crippen molar-refractivity contribution in [3.63, 3.8) is 0 Å². The predicted molar refractivity (Wildman–Crippen MR) is 121 cm³/mol. The normalized spacial score (nSPS) is 15.3. The van der Waals surface area contributed by atoms with Crippen LogP contribution in [-0.4, -0.2) is 24.5 Å². The van der Waals surface area contributed by atoms with Crippen LogP contribution in [0.25, 0.3) is 0 Å². The molecule has 4 rings (SSSR count). The first-order chi connectivity index (χ1) is 14.3. The molecule has 1 aliphatic rings. The Kier molecular flexibility index (Phi) is 6.98. The third-order valence-corrected chi connectivity index (χ3v) is 5.92. The number of aryl methyl sites for hydroxylation is 1. The van der Waals surface area contributed by atoms with E-state index in [0.717, 1.165) is 23.8 Å². The number of para-hydroxylation sites is 1. The first-order valence-corrected chi connectivity index (χ1v) is 10.9. The lowest BCUT2D eigenvalue weighted by Crippen LogP contribution is -2.35. The number of likely N-dealkylation sites (tertiary alicyclic amines) is 1. The van der Waals surface area contributed by atoms with Gasteiger partial charge in [-0.15, -0.1) is 0 Å². The Morgan fingerprint density at radius 3 is 2.00 bits per heavy atom. The highest BCUT2D eigenvalue weighted by Gasteiger charge is 2.18. The number of rotatable bonds is 8. The molecule has 1 fully saturated rings. The van der Waals surface area contributed by atoms with Gasteiger partial charge in [0, 0.05) is 0 Å². The molecule has 0 spiro atoms. The molecule has 0 N–H and O–H groups in total. The van der Waals surface area contributed by atoms with E-state index in [9.17, 15) is 0 Å². The summed E-state index contributed by atoms with van der Waals surface area (Å²) in [6.07, 6.45) is 6.27. The number of ether oxygens (including phenoxy) is 1. The molecule has 2 nitrogen and oxygen atoms in total. The molecule has 1 saturated heterocycles. The predicted octanol–water partition coefficient (Wildman–Crippen LogP) is 6.37. The second-order valence-corrected chi connectivity index (χ2v) is 8.14. The summed E-state index contributed by atoms with van der Waals surface area (Å²) in [6.45, 7) is 3.71. The smallest absolute Gasteiger partial charge is 0.127 e. The van der Waals surface area contributed by atoms with Gasteiger partial charge in [0.25, 0.3) is 0 Å². The van der Waals surface area contributed by atoms with Crippen molar-refractivity contribution in [1.82, 2.24) is 4.90 Å². The maximum atomic E-state index is 5.88. The lowest BCUT2D eigenvalue weighted by atomic mass is 9.90. The minimum atomic E-state index is 0.853. The maximum Gasteiger partial charge on any atom is 0.127 e. The van der Waals surface area contributed by atoms with Crippen LogP contribution in [0.3, 0.4) is 0 Å². The molecule has 0 unspecified atom stereocenters. The van der Waals surface area contributed by atoms with E-state index in [-0.39, 0.29) is 0 Å². The van der Waals surface area contributed by atoms with Crippen LogP contribution in [0.5, 0.6) is 11.5 Å². The molecule has 0 saturated carbocycles. The third kappa shape index (κ3) is 6.20. The summed E-state index contributed by atoms with van der Waals surface area (Å²) in [6, 6.07) is 29.5. The monoisotopic (exact) mass is 385 g/mol. The molecule has 1 heterocycles. The summed E-state index contributed by atoms with van der Waals surface area (Å²) in [5, 5.41) is 0. The Bertz CT molecular complexity index is 837. The summed E-state index contributed by atoms with van der Waals surface area (Å²) in [5.74, 6) is 2.64. The number of piperidine rings is 1. The first-order valence-electron chi connectivity index (χ1n) is 10.9. The summed E-state index contributed by atoms with van der Waals surface area (Å²) in [7, 11) is 0. The molecule has 0 aliphatic carbocycles. The van der Waals surface area contributed by atoms with E-state index < -0.39 is 0 Å². The SMILES string of the molecule is c1ccc(CC2CCN(CCCc3ccc(Oc4ccccc4)cc3)CC2)cc1. The molecular formula is C27H31NO. The van der Waals surface area contributed by atoms with Crippen molar-refractivity contribution in [2.75, 3.05) is 19.6 Å². The average molecular weight is 386 g/mol. The number of hydrogen-bond acceptors (Lipinski definition) is 2. The summed E-state index contributed by atoms with van der Waals surface area (Å²) in [5.41, 5.74) is 2.88. The molecule has 1 aliphatic heterocycles. The highest BCUT2D eigenvalue weighted by Crippen LogP contribution is 2.23. The van der Waals surface area contributed by atoms with Crippen LogP contribution in [-0.2, 0) is 12.8 Å². The van der Waals surface area contributed by atoms with E-state index in [4.69, 9.17) is 4.74 Å². The molecule has 0 radical (unpaired) electrons. The van der Waals surface area contributed by atoms with Crippen LogP contribution in [0.4, 0.5) is 0 Å². The average Bonchev–Trinajstić information content (AvgIpc) is 2.78. The van der Waals surface area contributed by atoms with Gasteiger partial charge >= 0.3 is 0 Å². The first kappa shape index (κ1) is 19.7. The van der Waals surface area contributed by atoms with Gasteiger partial charge < -0.3 is 9.64 Å². The van der Waals surface area contributed by atoms with Crippen molar-refractivity contribution < 1.29 is 4.74 Å². The molecule has 3 aromatic rings. The standard InChI is InChI=1S/C27H31NO/c1-3-8-24(9-4-1)22-25-17-20-28(21-18-25)19-7-10-23-13-15-27(16-14-23)29-26-11-5-2-6-12-26/h1-6,8-9,11-16,25H,7,10,17-22H2. The molecular weight excluding hydrogens is 354 g/mol. The Morgan fingerprint density at radius 2 is 1.31 bits per heavy atom. The van der Waals surface area contributed by atoms with Gasteiger partial charge in [0.2, 0.25) is 0 Å². The molecule has 2 heteroatoms. The lowest BCUT2D eigenvalue weighted by Gasteiger charge is -2.32. The van der Waals surface area contributed by atoms with Gasteiger partial charge in [-0.1, -0.05) is 60.7 Å². The Balaban J connectivity index is 1.15. The van der Waals surface area contributed by atoms with Crippen LogP contribution in [0.1, 0.15) is 30.4 Å². The fourth-order valence-corrected chi connectivity index (χ4v) is 4.22. The van der Waals surface area contributed by atoms with Gasteiger partial charge in [-0.25, -0.2) is 0 Å². The highest BCUT2D eigenvalue weighted by atomic mass is 16.5. The molecule has 0 aromatic heterocycles. The van der Waals surface area contributed by atoms with Gasteiger partial charge in [0.05, 0.1) is 0 Å². The zero-order valence-electron chi connectivity index (χ0n) is 17.2. The molecule has 150 valence electrons. The number of benzene rings is 3. The molecule has 29 heavy (non-hydrogen) atoms. The van der Waals surface area contributed by atoms with Crippen molar-refractivity contribution in [1.29, 1.82) is 0 Å². The van der Waals surface area contributed by atoms with E-state index in [2.05, 4.69) is 59.5 Å². The Hall–Kier alpha value is -2.58. The van der Waals surface area contributed by atoms with Crippen molar-refractivity contribution in [2.24, 2.45) is 5.92 Å². The van der Waals surface area contributed by atoms with Crippen molar-refractivity contribution in [3.8, 4) is 11.5 Å². The van der Waals surface area contributed by atoms with Gasteiger partial charge in [-0.3, -0.25) is 0 Å². The number of hydrogen-bond donors (Lipinski definition) is 0. The molecule has 0 amide bonds. The van der Waals surface area contributed by atoms with E-state index in [1.807, 2.05) is 30.3 Å². The zero-order chi connectivity index (χ0) is 19.7. The van der Waals surface area contributed by atoms with Crippen LogP contribution >= 0.6 is 0 Å². The summed E-state index contributed by atoms with van der Waals surface area (Å²) in [4.78, 5) is 2.65. The fourth-order valence-electron chi connectivity index (χ4n) is 4.22. The van der Waals surface area contributed by atoms with E-state index in [0.29, 0.717) is 0 Å². The Morgan fingerprint density at radius 1 is 0.690 bits per heavy atom. The Labute approximate surface area is 175 Å². The second kappa shape index (κ2) is 10.3. The van der Waals surface area contributed by atoms with E-state index in [1.54, 1.807) is 0 Å². The largest absolute Gasteiger partial charge is 0.457 e. The quantitative estimate of drug-likeness (QED) is 0.447. The van der Waals surface area contributed by atoms with Crippen molar-refractivity contribution in [2.45, 2.75) is 32.1 Å². The second-order valence-electron chi connectivity index (χ2n) is 8.14. The number of nitrogens with zero attached hydrogens (tertiary/aromatic N) is 1. The van der Waals surface area contributed by atoms with Crippen molar-refractivity contribution >= 4 is 0 Å².